The lowest BCUT2D eigenvalue weighted by atomic mass is 10.1. The molecule has 1 saturated heterocycles. The molecular weight excluding hydrogens is 420 g/mol. The number of ether oxygens (including phenoxy) is 1. The highest BCUT2D eigenvalue weighted by Gasteiger charge is 2.43. The molecule has 0 aliphatic carbocycles. The summed E-state index contributed by atoms with van der Waals surface area (Å²) in [5.41, 5.74) is 4.63. The Morgan fingerprint density at radius 2 is 1.52 bits per heavy atom. The highest BCUT2D eigenvalue weighted by atomic mass is 31.2. The van der Waals surface area contributed by atoms with E-state index in [0.29, 0.717) is 0 Å². The Hall–Kier alpha value is -1.26. The second kappa shape index (κ2) is 10.3. The zero-order chi connectivity index (χ0) is 21.6. The summed E-state index contributed by atoms with van der Waals surface area (Å²) in [6.45, 7) is -0.453. The number of nitrogens with two attached hydrogens (primary N) is 1. The van der Waals surface area contributed by atoms with Gasteiger partial charge in [0.2, 0.25) is 0 Å². The van der Waals surface area contributed by atoms with Gasteiger partial charge < -0.3 is 55.2 Å². The Balaban J connectivity index is 0.000000563. The van der Waals surface area contributed by atoms with Crippen molar-refractivity contribution >= 4 is 21.5 Å². The summed E-state index contributed by atoms with van der Waals surface area (Å²) in [6.07, 6.45) is -3.27. The lowest BCUT2D eigenvalue weighted by molar-refractivity contribution is -0.0549. The van der Waals surface area contributed by atoms with Gasteiger partial charge >= 0.3 is 21.3 Å². The van der Waals surface area contributed by atoms with Crippen LogP contribution in [0.15, 0.2) is 17.1 Å². The number of aromatic nitrogens is 2. The van der Waals surface area contributed by atoms with E-state index in [1.807, 2.05) is 0 Å². The molecule has 1 aliphatic heterocycles. The average Bonchev–Trinajstić information content (AvgIpc) is 2.72. The van der Waals surface area contributed by atoms with Gasteiger partial charge in [0.15, 0.2) is 6.23 Å². The van der Waals surface area contributed by atoms with Crippen LogP contribution in [0.1, 0.15) is 6.23 Å². The fraction of sp³-hybridized carbons (Fsp3) is 0.556. The predicted molar refractivity (Wildman–Crippen MR) is 84.4 cm³/mol. The fourth-order valence-corrected chi connectivity index (χ4v) is 1.73. The van der Waals surface area contributed by atoms with Crippen molar-refractivity contribution < 1.29 is 58.5 Å². The van der Waals surface area contributed by atoms with Crippen LogP contribution in [0.3, 0.4) is 0 Å². The van der Waals surface area contributed by atoms with Crippen LogP contribution in [0.5, 0.6) is 0 Å². The SMILES string of the molecule is Nc1ccn(C2O[C@H](CO)[C@@H](O)[C@H]2O)c(=O)n1.O=P(O)(O)O.O=P(O)(O)O. The molecular formula is C9H19N3O13P2. The molecule has 0 saturated carbocycles. The van der Waals surface area contributed by atoms with Gasteiger partial charge in [-0.2, -0.15) is 4.98 Å². The number of rotatable bonds is 2. The summed E-state index contributed by atoms with van der Waals surface area (Å²) in [4.78, 5) is 58.1. The summed E-state index contributed by atoms with van der Waals surface area (Å²) in [5, 5.41) is 28.2. The Morgan fingerprint density at radius 1 is 1.07 bits per heavy atom. The van der Waals surface area contributed by atoms with E-state index >= 15 is 0 Å². The molecule has 0 bridgehead atoms. The predicted octanol–water partition coefficient (Wildman–Crippen LogP) is -4.42. The first-order chi connectivity index (χ1) is 12.0. The molecule has 158 valence electrons. The first-order valence-corrected chi connectivity index (χ1v) is 9.71. The first-order valence-electron chi connectivity index (χ1n) is 6.58. The molecule has 1 fully saturated rings. The molecule has 11 N–H and O–H groups in total. The second-order valence-corrected chi connectivity index (χ2v) is 6.85. The molecule has 1 aliphatic rings. The maximum atomic E-state index is 11.5. The van der Waals surface area contributed by atoms with Crippen LogP contribution in [0.25, 0.3) is 0 Å². The minimum Gasteiger partial charge on any atom is -0.394 e. The molecule has 0 amide bonds. The molecule has 0 spiro atoms. The van der Waals surface area contributed by atoms with Crippen LogP contribution in [-0.2, 0) is 13.9 Å². The third kappa shape index (κ3) is 11.2. The van der Waals surface area contributed by atoms with Crippen molar-refractivity contribution in [3.8, 4) is 0 Å². The topological polar surface area (TPSA) is 286 Å². The van der Waals surface area contributed by atoms with Crippen molar-refractivity contribution in [3.05, 3.63) is 22.7 Å². The molecule has 1 aromatic heterocycles. The number of aliphatic hydroxyl groups excluding tert-OH is 3. The van der Waals surface area contributed by atoms with Crippen LogP contribution in [-0.4, -0.2) is 79.1 Å². The van der Waals surface area contributed by atoms with Gasteiger partial charge in [-0.1, -0.05) is 0 Å². The first kappa shape index (κ1) is 25.7. The van der Waals surface area contributed by atoms with E-state index in [0.717, 1.165) is 4.57 Å². The second-order valence-electron chi connectivity index (χ2n) is 4.80. The number of hydrogen-bond acceptors (Lipinski definition) is 9. The highest BCUT2D eigenvalue weighted by Crippen LogP contribution is 2.28. The van der Waals surface area contributed by atoms with E-state index in [-0.39, 0.29) is 5.82 Å². The lowest BCUT2D eigenvalue weighted by Gasteiger charge is -2.16. The number of nitrogens with zero attached hydrogens (tertiary/aromatic N) is 2. The fourth-order valence-electron chi connectivity index (χ4n) is 1.73. The number of anilines is 1. The summed E-state index contributed by atoms with van der Waals surface area (Å²) in [7, 11) is -9.28. The van der Waals surface area contributed by atoms with Gasteiger partial charge in [-0.15, -0.1) is 0 Å². The van der Waals surface area contributed by atoms with E-state index in [1.165, 1.54) is 12.3 Å². The van der Waals surface area contributed by atoms with E-state index in [9.17, 15) is 15.0 Å². The van der Waals surface area contributed by atoms with Crippen molar-refractivity contribution in [2.45, 2.75) is 24.5 Å². The minimum absolute atomic E-state index is 0.0537. The lowest BCUT2D eigenvalue weighted by Crippen LogP contribution is -2.36. The molecule has 16 nitrogen and oxygen atoms in total. The van der Waals surface area contributed by atoms with Crippen molar-refractivity contribution in [2.24, 2.45) is 0 Å². The Kier molecular flexibility index (Phi) is 9.85. The number of hydrogen-bond donors (Lipinski definition) is 10. The van der Waals surface area contributed by atoms with Crippen LogP contribution >= 0.6 is 15.6 Å². The summed E-state index contributed by atoms with van der Waals surface area (Å²) < 4.78 is 24.0. The number of phosphoric acid groups is 2. The Morgan fingerprint density at radius 3 is 1.85 bits per heavy atom. The van der Waals surface area contributed by atoms with Crippen LogP contribution in [0, 0.1) is 0 Å². The van der Waals surface area contributed by atoms with E-state index in [1.54, 1.807) is 0 Å². The van der Waals surface area contributed by atoms with Crippen molar-refractivity contribution in [1.82, 2.24) is 9.55 Å². The van der Waals surface area contributed by atoms with Crippen molar-refractivity contribution in [3.63, 3.8) is 0 Å². The van der Waals surface area contributed by atoms with Crippen molar-refractivity contribution in [2.75, 3.05) is 12.3 Å². The molecule has 0 radical (unpaired) electrons. The Labute approximate surface area is 150 Å². The molecule has 4 atom stereocenters. The van der Waals surface area contributed by atoms with E-state index in [2.05, 4.69) is 4.98 Å². The maximum absolute atomic E-state index is 11.5. The molecule has 1 unspecified atom stereocenters. The maximum Gasteiger partial charge on any atom is 0.466 e. The zero-order valence-corrected chi connectivity index (χ0v) is 15.0. The van der Waals surface area contributed by atoms with Gasteiger partial charge in [0.25, 0.3) is 0 Å². The van der Waals surface area contributed by atoms with Gasteiger partial charge in [0, 0.05) is 6.20 Å². The average molecular weight is 439 g/mol. The van der Waals surface area contributed by atoms with Crippen molar-refractivity contribution in [1.29, 1.82) is 0 Å². The van der Waals surface area contributed by atoms with Gasteiger partial charge in [-0.25, -0.2) is 13.9 Å². The van der Waals surface area contributed by atoms with E-state index in [4.69, 9.17) is 54.1 Å². The van der Waals surface area contributed by atoms with Crippen LogP contribution in [0.2, 0.25) is 0 Å². The third-order valence-corrected chi connectivity index (χ3v) is 2.64. The summed E-state index contributed by atoms with van der Waals surface area (Å²) in [6, 6.07) is 1.37. The van der Waals surface area contributed by atoms with Gasteiger partial charge in [0.05, 0.1) is 6.61 Å². The minimum atomic E-state index is -4.64. The molecule has 27 heavy (non-hydrogen) atoms. The number of nitrogen functional groups attached to an aromatic ring is 1. The van der Waals surface area contributed by atoms with Gasteiger partial charge in [0.1, 0.15) is 24.1 Å². The van der Waals surface area contributed by atoms with Gasteiger partial charge in [-0.3, -0.25) is 4.57 Å². The Bertz CT molecular complexity index is 708. The molecule has 2 heterocycles. The quantitative estimate of drug-likeness (QED) is 0.195. The summed E-state index contributed by atoms with van der Waals surface area (Å²) >= 11 is 0. The molecule has 0 aromatic carbocycles. The molecule has 2 rings (SSSR count). The standard InChI is InChI=1S/C9H13N3O5.2H3O4P/c10-5-1-2-12(9(16)11-5)8-7(15)6(14)4(3-13)17-8;2*1-5(2,3)4/h1-2,4,6-8,13-15H,3H2,(H2,10,11,16);2*(H3,1,2,3,4)/t4-,6-,7-,8?;;/m1../s1. The largest absolute Gasteiger partial charge is 0.466 e. The van der Waals surface area contributed by atoms with E-state index < -0.39 is 52.5 Å². The molecule has 18 heteroatoms. The number of aliphatic hydroxyl groups is 3. The normalized spacial score (nSPS) is 25.1. The summed E-state index contributed by atoms with van der Waals surface area (Å²) in [5.74, 6) is 0.0537. The zero-order valence-electron chi connectivity index (χ0n) is 13.2. The van der Waals surface area contributed by atoms with Crippen LogP contribution in [0.4, 0.5) is 5.82 Å². The van der Waals surface area contributed by atoms with Crippen LogP contribution < -0.4 is 11.4 Å². The third-order valence-electron chi connectivity index (χ3n) is 2.64. The monoisotopic (exact) mass is 439 g/mol. The highest BCUT2D eigenvalue weighted by molar-refractivity contribution is 7.45. The van der Waals surface area contributed by atoms with Gasteiger partial charge in [-0.05, 0) is 6.07 Å². The molecule has 1 aromatic rings. The smallest absolute Gasteiger partial charge is 0.394 e.